The number of hydrogen-bond acceptors (Lipinski definition) is 1. The molecule has 0 heterocycles. The second-order valence-electron chi connectivity index (χ2n) is 5.80. The van der Waals surface area contributed by atoms with Crippen LogP contribution in [0.2, 0.25) is 0 Å². The third-order valence-corrected chi connectivity index (χ3v) is 6.52. The van der Waals surface area contributed by atoms with Gasteiger partial charge in [0.1, 0.15) is 11.5 Å². The lowest BCUT2D eigenvalue weighted by atomic mass is 10.3. The molecule has 0 aliphatic heterocycles. The molecule has 4 aromatic carbocycles. The predicted octanol–water partition coefficient (Wildman–Crippen LogP) is 5.04. The Morgan fingerprint density at radius 3 is 1.77 bits per heavy atom. The van der Waals surface area contributed by atoms with Gasteiger partial charge in [-0.05, 0) is 30.7 Å². The lowest BCUT2D eigenvalue weighted by molar-refractivity contribution is 0.485. The van der Waals surface area contributed by atoms with E-state index in [1.165, 1.54) is 15.9 Å². The molecular formula is C24H18OP. The Balaban J connectivity index is 1.82. The molecule has 0 N–H and O–H groups in total. The van der Waals surface area contributed by atoms with E-state index >= 15 is 0 Å². The fourth-order valence-corrected chi connectivity index (χ4v) is 5.24. The van der Waals surface area contributed by atoms with E-state index in [-0.39, 0.29) is 0 Å². The van der Waals surface area contributed by atoms with Crippen LogP contribution >= 0.6 is 7.92 Å². The molecule has 125 valence electrons. The first kappa shape index (κ1) is 16.6. The molecule has 0 aliphatic rings. The zero-order chi connectivity index (χ0) is 17.6. The quantitative estimate of drug-likeness (QED) is 0.457. The topological polar surface area (TPSA) is 9.23 Å². The van der Waals surface area contributed by atoms with Gasteiger partial charge in [-0.2, -0.15) is 0 Å². The van der Waals surface area contributed by atoms with Crippen molar-refractivity contribution in [2.75, 3.05) is 0 Å². The van der Waals surface area contributed by atoms with Crippen molar-refractivity contribution in [1.82, 2.24) is 0 Å². The smallest absolute Gasteiger partial charge is 0.135 e. The highest BCUT2D eigenvalue weighted by molar-refractivity contribution is 7.80. The van der Waals surface area contributed by atoms with Gasteiger partial charge in [0.2, 0.25) is 0 Å². The van der Waals surface area contributed by atoms with E-state index in [4.69, 9.17) is 4.74 Å². The van der Waals surface area contributed by atoms with Crippen LogP contribution in [0.3, 0.4) is 0 Å². The van der Waals surface area contributed by atoms with Crippen molar-refractivity contribution in [3.8, 4) is 11.5 Å². The van der Waals surface area contributed by atoms with Crippen LogP contribution in [0, 0.1) is 6.07 Å². The van der Waals surface area contributed by atoms with Gasteiger partial charge < -0.3 is 4.74 Å². The second-order valence-corrected chi connectivity index (χ2v) is 7.99. The van der Waals surface area contributed by atoms with Gasteiger partial charge in [0, 0.05) is 11.4 Å². The molecule has 1 nitrogen and oxygen atoms in total. The molecule has 4 rings (SSSR count). The maximum Gasteiger partial charge on any atom is 0.135 e. The van der Waals surface area contributed by atoms with Gasteiger partial charge in [0.15, 0.2) is 0 Å². The molecule has 0 fully saturated rings. The van der Waals surface area contributed by atoms with Crippen molar-refractivity contribution in [2.45, 2.75) is 0 Å². The van der Waals surface area contributed by atoms with Crippen LogP contribution in [0.1, 0.15) is 0 Å². The molecule has 1 radical (unpaired) electrons. The van der Waals surface area contributed by atoms with Gasteiger partial charge in [-0.3, -0.25) is 0 Å². The van der Waals surface area contributed by atoms with Crippen molar-refractivity contribution in [3.05, 3.63) is 115 Å². The molecular weight excluding hydrogens is 335 g/mol. The molecule has 0 amide bonds. The minimum Gasteiger partial charge on any atom is -0.456 e. The summed E-state index contributed by atoms with van der Waals surface area (Å²) in [6, 6.07) is 40.5. The molecule has 2 heteroatoms. The Kier molecular flexibility index (Phi) is 5.09. The monoisotopic (exact) mass is 353 g/mol. The van der Waals surface area contributed by atoms with Crippen LogP contribution in [-0.2, 0) is 0 Å². The lowest BCUT2D eigenvalue weighted by Crippen LogP contribution is -2.21. The average molecular weight is 353 g/mol. The summed E-state index contributed by atoms with van der Waals surface area (Å²) >= 11 is 0. The Morgan fingerprint density at radius 2 is 1.15 bits per heavy atom. The highest BCUT2D eigenvalue weighted by Gasteiger charge is 2.20. The Morgan fingerprint density at radius 1 is 0.577 bits per heavy atom. The summed E-state index contributed by atoms with van der Waals surface area (Å²) in [6.07, 6.45) is 0. The molecule has 0 saturated carbocycles. The highest BCUT2D eigenvalue weighted by atomic mass is 31.1. The molecule has 0 aliphatic carbocycles. The summed E-state index contributed by atoms with van der Waals surface area (Å²) in [6.45, 7) is 0. The molecule has 0 unspecified atom stereocenters. The van der Waals surface area contributed by atoms with E-state index in [2.05, 4.69) is 78.9 Å². The maximum atomic E-state index is 6.19. The van der Waals surface area contributed by atoms with E-state index in [1.54, 1.807) is 0 Å². The minimum absolute atomic E-state index is 0.702. The van der Waals surface area contributed by atoms with Crippen molar-refractivity contribution in [3.63, 3.8) is 0 Å². The molecule has 0 bridgehead atoms. The molecule has 0 saturated heterocycles. The summed E-state index contributed by atoms with van der Waals surface area (Å²) in [7, 11) is -0.702. The fraction of sp³-hybridized carbons (Fsp3) is 0. The first-order valence-corrected chi connectivity index (χ1v) is 9.90. The van der Waals surface area contributed by atoms with E-state index < -0.39 is 7.92 Å². The van der Waals surface area contributed by atoms with Crippen LogP contribution in [0.5, 0.6) is 11.5 Å². The summed E-state index contributed by atoms with van der Waals surface area (Å²) < 4.78 is 6.19. The van der Waals surface area contributed by atoms with E-state index in [1.807, 2.05) is 36.4 Å². The number of para-hydroxylation sites is 2. The van der Waals surface area contributed by atoms with Crippen LogP contribution in [0.15, 0.2) is 109 Å². The fourth-order valence-electron chi connectivity index (χ4n) is 2.87. The lowest BCUT2D eigenvalue weighted by Gasteiger charge is -2.22. The number of ether oxygens (including phenoxy) is 1. The third-order valence-electron chi connectivity index (χ3n) is 4.04. The van der Waals surface area contributed by atoms with Crippen LogP contribution in [-0.4, -0.2) is 0 Å². The van der Waals surface area contributed by atoms with E-state index in [9.17, 15) is 0 Å². The van der Waals surface area contributed by atoms with Gasteiger partial charge in [-0.15, -0.1) is 0 Å². The van der Waals surface area contributed by atoms with Gasteiger partial charge >= 0.3 is 0 Å². The Hall–Kier alpha value is -2.89. The first-order valence-electron chi connectivity index (χ1n) is 8.56. The Labute approximate surface area is 155 Å². The summed E-state index contributed by atoms with van der Waals surface area (Å²) in [5.41, 5.74) is 0. The van der Waals surface area contributed by atoms with Gasteiger partial charge in [0.25, 0.3) is 0 Å². The number of benzene rings is 4. The van der Waals surface area contributed by atoms with Crippen molar-refractivity contribution in [2.24, 2.45) is 0 Å². The van der Waals surface area contributed by atoms with Gasteiger partial charge in [0.05, 0.1) is 0 Å². The summed E-state index contributed by atoms with van der Waals surface area (Å²) in [5, 5.41) is 3.82. The predicted molar refractivity (Wildman–Crippen MR) is 111 cm³/mol. The van der Waals surface area contributed by atoms with Crippen LogP contribution in [0.25, 0.3) is 0 Å². The number of hydrogen-bond donors (Lipinski definition) is 0. The average Bonchev–Trinajstić information content (AvgIpc) is 2.72. The zero-order valence-corrected chi connectivity index (χ0v) is 15.1. The minimum atomic E-state index is -0.702. The number of rotatable bonds is 5. The largest absolute Gasteiger partial charge is 0.456 e. The molecule has 4 aromatic rings. The van der Waals surface area contributed by atoms with Gasteiger partial charge in [-0.1, -0.05) is 97.1 Å². The maximum absolute atomic E-state index is 6.19. The van der Waals surface area contributed by atoms with Gasteiger partial charge in [-0.25, -0.2) is 0 Å². The van der Waals surface area contributed by atoms with E-state index in [0.29, 0.717) is 0 Å². The van der Waals surface area contributed by atoms with Crippen molar-refractivity contribution >= 4 is 23.8 Å². The first-order chi connectivity index (χ1) is 12.9. The van der Waals surface area contributed by atoms with Crippen molar-refractivity contribution in [1.29, 1.82) is 0 Å². The molecule has 0 spiro atoms. The standard InChI is InChI=1S/C24H18OP/c1-4-12-20(13-5-1)25-23-18-10-11-19-24(23)26(21-14-6-2-7-15-21)22-16-8-3-9-17-22/h1-12,14-19H. The third kappa shape index (κ3) is 3.69. The summed E-state index contributed by atoms with van der Waals surface area (Å²) in [4.78, 5) is 0. The molecule has 0 atom stereocenters. The van der Waals surface area contributed by atoms with Crippen molar-refractivity contribution < 1.29 is 4.74 Å². The van der Waals surface area contributed by atoms with Crippen LogP contribution in [0.4, 0.5) is 0 Å². The highest BCUT2D eigenvalue weighted by Crippen LogP contribution is 2.37. The van der Waals surface area contributed by atoms with Crippen LogP contribution < -0.4 is 20.7 Å². The SMILES string of the molecule is [c]1ccccc1Oc1ccccc1P(c1ccccc1)c1ccccc1. The summed E-state index contributed by atoms with van der Waals surface area (Å²) in [5.74, 6) is 1.62. The molecule has 0 aromatic heterocycles. The Bertz CT molecular complexity index is 913. The second kappa shape index (κ2) is 7.99. The zero-order valence-electron chi connectivity index (χ0n) is 14.2. The normalized spacial score (nSPS) is 10.7. The van der Waals surface area contributed by atoms with E-state index in [0.717, 1.165) is 11.5 Å². The molecule has 26 heavy (non-hydrogen) atoms.